The first-order valence-electron chi connectivity index (χ1n) is 20.7. The first-order valence-corrected chi connectivity index (χ1v) is 21.1. The Balaban J connectivity index is 1.07. The Morgan fingerprint density at radius 3 is 1.61 bits per heavy atom. The molecule has 0 aromatic heterocycles. The van der Waals surface area contributed by atoms with E-state index in [2.05, 4.69) is 17.4 Å². The highest BCUT2D eigenvalue weighted by molar-refractivity contribution is 6.30. The van der Waals surface area contributed by atoms with Crippen LogP contribution in [0.1, 0.15) is 116 Å². The van der Waals surface area contributed by atoms with Crippen molar-refractivity contribution in [1.29, 1.82) is 0 Å². The van der Waals surface area contributed by atoms with Crippen LogP contribution in [0.5, 0.6) is 0 Å². The summed E-state index contributed by atoms with van der Waals surface area (Å²) < 4.78 is 35.9. The van der Waals surface area contributed by atoms with Crippen molar-refractivity contribution in [2.75, 3.05) is 39.6 Å². The highest BCUT2D eigenvalue weighted by Gasteiger charge is 2.52. The highest BCUT2D eigenvalue weighted by Crippen LogP contribution is 2.48. The lowest BCUT2D eigenvalue weighted by atomic mass is 9.68. The molecule has 0 unspecified atom stereocenters. The van der Waals surface area contributed by atoms with E-state index < -0.39 is 34.5 Å². The summed E-state index contributed by atoms with van der Waals surface area (Å²) in [5, 5.41) is 3.70. The third-order valence-corrected chi connectivity index (χ3v) is 12.8. The van der Waals surface area contributed by atoms with Crippen LogP contribution in [0.25, 0.3) is 0 Å². The van der Waals surface area contributed by atoms with Gasteiger partial charge in [0.05, 0.1) is 51.5 Å². The molecule has 2 aromatic carbocycles. The van der Waals surface area contributed by atoms with E-state index in [9.17, 15) is 19.2 Å². The molecule has 0 radical (unpaired) electrons. The molecule has 4 fully saturated rings. The van der Waals surface area contributed by atoms with E-state index in [4.69, 9.17) is 40.0 Å². The molecule has 2 aromatic rings. The number of rotatable bonds is 13. The Labute approximate surface area is 342 Å². The molecule has 312 valence electrons. The number of ketones is 1. The molecule has 0 bridgehead atoms. The number of benzene rings is 2. The maximum absolute atomic E-state index is 14.0. The number of halogens is 1. The molecule has 6 rings (SSSR count). The lowest BCUT2D eigenvalue weighted by molar-refractivity contribution is -0.287. The molecular formula is C45H60ClNO10. The Kier molecular flexibility index (Phi) is 13.9. The van der Waals surface area contributed by atoms with E-state index in [0.717, 1.165) is 51.8 Å². The minimum absolute atomic E-state index is 0.00568. The van der Waals surface area contributed by atoms with Crippen LogP contribution in [-0.4, -0.2) is 80.4 Å². The molecule has 2 aliphatic carbocycles. The molecule has 12 heteroatoms. The van der Waals surface area contributed by atoms with E-state index in [1.807, 2.05) is 46.8 Å². The van der Waals surface area contributed by atoms with Gasteiger partial charge in [0, 0.05) is 50.0 Å². The van der Waals surface area contributed by atoms with Crippen LogP contribution in [-0.2, 0) is 60.4 Å². The maximum atomic E-state index is 14.0. The van der Waals surface area contributed by atoms with Gasteiger partial charge >= 0.3 is 11.9 Å². The molecular weight excluding hydrogens is 750 g/mol. The van der Waals surface area contributed by atoms with Crippen LogP contribution in [0.2, 0.25) is 5.02 Å². The van der Waals surface area contributed by atoms with E-state index in [-0.39, 0.29) is 50.6 Å². The number of amides is 1. The van der Waals surface area contributed by atoms with Gasteiger partial charge in [-0.15, -0.1) is 0 Å². The minimum atomic E-state index is -1.25. The van der Waals surface area contributed by atoms with Gasteiger partial charge in [-0.2, -0.15) is 0 Å². The van der Waals surface area contributed by atoms with E-state index in [0.29, 0.717) is 82.8 Å². The van der Waals surface area contributed by atoms with Crippen molar-refractivity contribution in [3.05, 3.63) is 68.2 Å². The second kappa shape index (κ2) is 18.3. The third kappa shape index (κ3) is 10.3. The quantitative estimate of drug-likeness (QED) is 0.162. The Morgan fingerprint density at radius 1 is 0.632 bits per heavy atom. The number of nitrogens with one attached hydrogen (secondary N) is 1. The van der Waals surface area contributed by atoms with E-state index >= 15 is 0 Å². The van der Waals surface area contributed by atoms with Gasteiger partial charge in [0.2, 0.25) is 5.91 Å². The smallest absolute Gasteiger partial charge is 0.331 e. The number of carbonyl (C=O) groups excluding carboxylic acids is 4. The summed E-state index contributed by atoms with van der Waals surface area (Å²) >= 11 is 6.25. The van der Waals surface area contributed by atoms with Crippen molar-refractivity contribution in [2.45, 2.75) is 142 Å². The Bertz CT molecular complexity index is 1620. The zero-order chi connectivity index (χ0) is 40.8. The molecule has 11 nitrogen and oxygen atoms in total. The zero-order valence-electron chi connectivity index (χ0n) is 34.4. The van der Waals surface area contributed by atoms with Crippen molar-refractivity contribution in [3.8, 4) is 0 Å². The first kappa shape index (κ1) is 43.2. The summed E-state index contributed by atoms with van der Waals surface area (Å²) in [5.41, 5.74) is 4.65. The average molecular weight is 810 g/mol. The number of aryl methyl sites for hydroxylation is 5. The van der Waals surface area contributed by atoms with Crippen LogP contribution in [0, 0.1) is 40.0 Å². The monoisotopic (exact) mass is 809 g/mol. The summed E-state index contributed by atoms with van der Waals surface area (Å²) in [6, 6.07) is 7.82. The van der Waals surface area contributed by atoms with Gasteiger partial charge in [0.1, 0.15) is 11.3 Å². The summed E-state index contributed by atoms with van der Waals surface area (Å²) in [6.07, 6.45) is 5.52. The van der Waals surface area contributed by atoms with Crippen molar-refractivity contribution >= 4 is 35.2 Å². The molecule has 4 aliphatic rings. The number of hydrogen-bond acceptors (Lipinski definition) is 10. The largest absolute Gasteiger partial charge is 0.465 e. The standard InChI is InChI=1S/C45H60ClNO10/c1-30-23-31(2)38(32(3)24-30)28-39(49)47-43(11-15-45(16-12-43)56-21-8-22-57-45)41(51)53-18-6-17-52-40(50)42(9-13-44(14-10-42)54-19-7-20-55-44)29-36(48)27-37-33(4)25-35(46)26-34(37)5/h23-26H,6-22,27-29H2,1-5H3,(H,47,49). The van der Waals surface area contributed by atoms with Gasteiger partial charge in [-0.1, -0.05) is 29.3 Å². The van der Waals surface area contributed by atoms with Gasteiger partial charge in [-0.05, 0) is 119 Å². The third-order valence-electron chi connectivity index (χ3n) is 12.6. The Morgan fingerprint density at radius 2 is 1.09 bits per heavy atom. The van der Waals surface area contributed by atoms with Gasteiger partial charge in [-0.25, -0.2) is 4.79 Å². The molecule has 1 amide bonds. The first-order chi connectivity index (χ1) is 27.2. The number of Topliss-reactive ketones (excluding diaryl/α,β-unsaturated/α-hetero) is 1. The Hall–Kier alpha value is -3.35. The predicted octanol–water partition coefficient (Wildman–Crippen LogP) is 7.36. The second-order valence-corrected chi connectivity index (χ2v) is 17.4. The molecule has 2 saturated carbocycles. The molecule has 2 heterocycles. The van der Waals surface area contributed by atoms with Crippen molar-refractivity contribution in [1.82, 2.24) is 5.32 Å². The topological polar surface area (TPSA) is 136 Å². The van der Waals surface area contributed by atoms with E-state index in [1.54, 1.807) is 0 Å². The van der Waals surface area contributed by atoms with Crippen molar-refractivity contribution < 1.29 is 47.6 Å². The summed E-state index contributed by atoms with van der Waals surface area (Å²) in [5.74, 6) is -2.76. The number of ether oxygens (including phenoxy) is 6. The summed E-state index contributed by atoms with van der Waals surface area (Å²) in [6.45, 7) is 12.3. The van der Waals surface area contributed by atoms with E-state index in [1.165, 1.54) is 0 Å². The molecule has 2 aliphatic heterocycles. The SMILES string of the molecule is Cc1cc(C)c(CC(=O)NC2(C(=O)OCCCOC(=O)C3(CC(=O)Cc4c(C)cc(Cl)cc4C)CCC4(CC3)OCCCO4)CCC3(CC2)OCCCO3)c(C)c1. The average Bonchev–Trinajstić information content (AvgIpc) is 3.17. The fraction of sp³-hybridized carbons (Fsp3) is 0.644. The molecule has 2 saturated heterocycles. The van der Waals surface area contributed by atoms with Crippen molar-refractivity contribution in [3.63, 3.8) is 0 Å². The lowest BCUT2D eigenvalue weighted by Crippen LogP contribution is -2.61. The van der Waals surface area contributed by atoms with Crippen LogP contribution in [0.4, 0.5) is 0 Å². The number of hydrogen-bond donors (Lipinski definition) is 1. The molecule has 57 heavy (non-hydrogen) atoms. The van der Waals surface area contributed by atoms with Gasteiger partial charge < -0.3 is 33.7 Å². The zero-order valence-corrected chi connectivity index (χ0v) is 35.2. The van der Waals surface area contributed by atoms with Gasteiger partial charge in [0.15, 0.2) is 11.6 Å². The van der Waals surface area contributed by atoms with Crippen LogP contribution in [0.15, 0.2) is 24.3 Å². The fourth-order valence-corrected chi connectivity index (χ4v) is 9.64. The normalized spacial score (nSPS) is 22.5. The van der Waals surface area contributed by atoms with Crippen LogP contribution < -0.4 is 5.32 Å². The van der Waals surface area contributed by atoms with Crippen molar-refractivity contribution in [2.24, 2.45) is 5.41 Å². The van der Waals surface area contributed by atoms with Gasteiger partial charge in [-0.3, -0.25) is 14.4 Å². The molecule has 2 spiro atoms. The predicted molar refractivity (Wildman–Crippen MR) is 214 cm³/mol. The highest BCUT2D eigenvalue weighted by atomic mass is 35.5. The van der Waals surface area contributed by atoms with Crippen LogP contribution >= 0.6 is 11.6 Å². The molecule has 0 atom stereocenters. The summed E-state index contributed by atoms with van der Waals surface area (Å²) in [4.78, 5) is 55.2. The maximum Gasteiger partial charge on any atom is 0.331 e. The number of carbonyl (C=O) groups is 4. The number of esters is 2. The second-order valence-electron chi connectivity index (χ2n) is 16.9. The fourth-order valence-electron chi connectivity index (χ4n) is 9.31. The van der Waals surface area contributed by atoms with Gasteiger partial charge in [0.25, 0.3) is 0 Å². The minimum Gasteiger partial charge on any atom is -0.465 e. The van der Waals surface area contributed by atoms with Crippen LogP contribution in [0.3, 0.4) is 0 Å². The lowest BCUT2D eigenvalue weighted by Gasteiger charge is -2.46. The summed E-state index contributed by atoms with van der Waals surface area (Å²) in [7, 11) is 0. The molecule has 1 N–H and O–H groups in total.